The van der Waals surface area contributed by atoms with E-state index in [1.54, 1.807) is 0 Å². The van der Waals surface area contributed by atoms with Gasteiger partial charge in [0.25, 0.3) is 7.82 Å². The minimum Gasteiger partial charge on any atom is -0.756 e. The number of unbranched alkanes of at least 4 members (excludes halogenated alkanes) is 26. The van der Waals surface area contributed by atoms with Gasteiger partial charge in [-0.05, 0) is 103 Å². The number of phosphoric ester groups is 1. The first kappa shape index (κ1) is 78.4. The average Bonchev–Trinajstić information content (AvgIpc) is 3.44. The third kappa shape index (κ3) is 65.6. The SMILES string of the molecule is CC/C=C\C/C=C\C/C=C\C/C=C\C/C=C\CCCCCCCCCCCCCCCC(=O)OCC(COP(=O)([O-])OCC[N+](C)(C)C)OC(=O)CCCCCCCCCCCCCCC/C=C\C/C=C\C/C=C\C/C=C\C/C=C\CC. The minimum atomic E-state index is -4.65. The molecule has 0 aliphatic rings. The Morgan fingerprint density at radius 2 is 0.659 bits per heavy atom. The summed E-state index contributed by atoms with van der Waals surface area (Å²) in [6, 6.07) is 0. The molecule has 0 bridgehead atoms. The molecule has 0 aromatic heterocycles. The van der Waals surface area contributed by atoms with Crippen molar-refractivity contribution in [2.45, 2.75) is 277 Å². The number of ether oxygens (including phenoxy) is 2. The van der Waals surface area contributed by atoms with Crippen molar-refractivity contribution < 1.29 is 42.1 Å². The molecule has 0 aliphatic heterocycles. The summed E-state index contributed by atoms with van der Waals surface area (Å²) < 4.78 is 34.3. The van der Waals surface area contributed by atoms with Gasteiger partial charge in [-0.2, -0.15) is 0 Å². The van der Waals surface area contributed by atoms with E-state index in [1.165, 1.54) is 135 Å². The van der Waals surface area contributed by atoms with Gasteiger partial charge in [0.05, 0.1) is 27.7 Å². The first-order valence-corrected chi connectivity index (χ1v) is 34.7. The number of rotatable bonds is 60. The molecule has 0 aromatic carbocycles. The van der Waals surface area contributed by atoms with E-state index in [0.717, 1.165) is 103 Å². The molecule has 470 valence electrons. The number of esters is 2. The maximum absolute atomic E-state index is 12.9. The lowest BCUT2D eigenvalue weighted by Crippen LogP contribution is -2.37. The Kier molecular flexibility index (Phi) is 59.2. The highest BCUT2D eigenvalue weighted by Crippen LogP contribution is 2.38. The zero-order valence-electron chi connectivity index (χ0n) is 53.4. The molecule has 0 aliphatic carbocycles. The zero-order chi connectivity index (χ0) is 59.8. The summed E-state index contributed by atoms with van der Waals surface area (Å²) in [5, 5.41) is 0. The first-order chi connectivity index (χ1) is 40.0. The van der Waals surface area contributed by atoms with E-state index >= 15 is 0 Å². The maximum Gasteiger partial charge on any atom is 0.306 e. The zero-order valence-corrected chi connectivity index (χ0v) is 54.3. The van der Waals surface area contributed by atoms with E-state index in [1.807, 2.05) is 21.1 Å². The second kappa shape index (κ2) is 62.0. The van der Waals surface area contributed by atoms with E-state index in [4.69, 9.17) is 18.5 Å². The van der Waals surface area contributed by atoms with Gasteiger partial charge in [-0.15, -0.1) is 0 Å². The van der Waals surface area contributed by atoms with Crippen molar-refractivity contribution >= 4 is 19.8 Å². The van der Waals surface area contributed by atoms with Crippen LogP contribution in [0, 0.1) is 0 Å². The molecule has 0 saturated carbocycles. The van der Waals surface area contributed by atoms with Crippen LogP contribution in [0.3, 0.4) is 0 Å². The smallest absolute Gasteiger partial charge is 0.306 e. The van der Waals surface area contributed by atoms with Gasteiger partial charge in [0.1, 0.15) is 19.8 Å². The van der Waals surface area contributed by atoms with Crippen LogP contribution in [0.1, 0.15) is 271 Å². The molecule has 2 unspecified atom stereocenters. The molecule has 0 N–H and O–H groups in total. The normalized spacial score (nSPS) is 14.0. The summed E-state index contributed by atoms with van der Waals surface area (Å²) in [6.45, 7) is 4.02. The molecular weight excluding hydrogens is 1040 g/mol. The summed E-state index contributed by atoms with van der Waals surface area (Å²) in [4.78, 5) is 38.0. The number of likely N-dealkylation sites (N-methyl/N-ethyl adjacent to an activating group) is 1. The van der Waals surface area contributed by atoms with Gasteiger partial charge in [-0.3, -0.25) is 14.2 Å². The van der Waals surface area contributed by atoms with Crippen molar-refractivity contribution in [3.63, 3.8) is 0 Å². The van der Waals surface area contributed by atoms with Crippen molar-refractivity contribution in [2.75, 3.05) is 47.5 Å². The van der Waals surface area contributed by atoms with Gasteiger partial charge < -0.3 is 27.9 Å². The summed E-state index contributed by atoms with van der Waals surface area (Å²) in [5.74, 6) is -0.835. The fourth-order valence-electron chi connectivity index (χ4n) is 8.95. The van der Waals surface area contributed by atoms with Crippen LogP contribution in [0.2, 0.25) is 0 Å². The molecule has 9 nitrogen and oxygen atoms in total. The van der Waals surface area contributed by atoms with Crippen molar-refractivity contribution in [1.29, 1.82) is 0 Å². The lowest BCUT2D eigenvalue weighted by molar-refractivity contribution is -0.870. The molecule has 0 fully saturated rings. The largest absolute Gasteiger partial charge is 0.756 e. The number of carbonyl (C=O) groups is 2. The highest BCUT2D eigenvalue weighted by molar-refractivity contribution is 7.45. The second-order valence-electron chi connectivity index (χ2n) is 23.1. The van der Waals surface area contributed by atoms with Gasteiger partial charge in [0, 0.05) is 12.8 Å². The van der Waals surface area contributed by atoms with Crippen LogP contribution in [-0.4, -0.2) is 70.0 Å². The van der Waals surface area contributed by atoms with Crippen LogP contribution in [0.25, 0.3) is 0 Å². The highest BCUT2D eigenvalue weighted by atomic mass is 31.2. The third-order valence-electron chi connectivity index (χ3n) is 14.0. The van der Waals surface area contributed by atoms with Crippen molar-refractivity contribution in [3.05, 3.63) is 122 Å². The Balaban J connectivity index is 4.10. The summed E-state index contributed by atoms with van der Waals surface area (Å²) in [7, 11) is 1.16. The Labute approximate surface area is 505 Å². The van der Waals surface area contributed by atoms with Gasteiger partial charge in [-0.25, -0.2) is 0 Å². The topological polar surface area (TPSA) is 111 Å². The highest BCUT2D eigenvalue weighted by Gasteiger charge is 2.22. The summed E-state index contributed by atoms with van der Waals surface area (Å²) >= 11 is 0. The lowest BCUT2D eigenvalue weighted by atomic mass is 10.0. The van der Waals surface area contributed by atoms with Crippen LogP contribution in [0.15, 0.2) is 122 Å². The Bertz CT molecular complexity index is 1800. The van der Waals surface area contributed by atoms with Gasteiger partial charge >= 0.3 is 11.9 Å². The molecule has 0 heterocycles. The molecule has 82 heavy (non-hydrogen) atoms. The summed E-state index contributed by atoms with van der Waals surface area (Å²) in [6.07, 6.45) is 88.3. The number of hydrogen-bond donors (Lipinski definition) is 0. The number of carbonyl (C=O) groups excluding carboxylic acids is 2. The molecular formula is C72H124NO8P. The molecule has 0 spiro atoms. The van der Waals surface area contributed by atoms with E-state index < -0.39 is 26.5 Å². The van der Waals surface area contributed by atoms with Crippen LogP contribution in [0.4, 0.5) is 0 Å². The van der Waals surface area contributed by atoms with E-state index in [9.17, 15) is 19.0 Å². The fraction of sp³-hybridized carbons (Fsp3) is 0.694. The number of quaternary nitrogens is 1. The third-order valence-corrected chi connectivity index (χ3v) is 14.9. The first-order valence-electron chi connectivity index (χ1n) is 33.2. The van der Waals surface area contributed by atoms with Crippen molar-refractivity contribution in [3.8, 4) is 0 Å². The summed E-state index contributed by atoms with van der Waals surface area (Å²) in [5.41, 5.74) is 0. The van der Waals surface area contributed by atoms with Crippen LogP contribution < -0.4 is 4.89 Å². The second-order valence-corrected chi connectivity index (χ2v) is 24.5. The monoisotopic (exact) mass is 1160 g/mol. The molecule has 0 aromatic rings. The van der Waals surface area contributed by atoms with Gasteiger partial charge in [0.2, 0.25) is 0 Å². The predicted molar refractivity (Wildman–Crippen MR) is 351 cm³/mol. The predicted octanol–water partition coefficient (Wildman–Crippen LogP) is 20.9. The van der Waals surface area contributed by atoms with Crippen molar-refractivity contribution in [2.24, 2.45) is 0 Å². The molecule has 10 heteroatoms. The standard InChI is InChI=1S/C72H124NO8P/c1-6-8-10-12-14-16-18-20-22-24-26-28-30-32-34-36-38-40-42-44-46-48-50-52-54-56-58-60-62-64-71(74)78-68-70(69-80-82(76,77)79-67-66-73(3,4)5)81-72(75)65-63-61-59-57-55-53-51-49-47-45-43-41-39-37-35-33-31-29-27-25-23-21-19-17-15-13-11-9-7-2/h8-11,14-17,20-23,26-29,32-35,70H,6-7,12-13,18-19,24-25,30-31,36-69H2,1-5H3/b10-8-,11-9-,16-14-,17-15-,22-20-,23-21-,28-26-,29-27-,34-32-,35-33-. The Morgan fingerprint density at radius 3 is 0.976 bits per heavy atom. The van der Waals surface area contributed by atoms with Crippen LogP contribution >= 0.6 is 7.82 Å². The average molecular weight is 1160 g/mol. The lowest BCUT2D eigenvalue weighted by Gasteiger charge is -2.28. The molecule has 0 saturated heterocycles. The quantitative estimate of drug-likeness (QED) is 0.0195. The molecule has 0 amide bonds. The number of phosphoric acid groups is 1. The van der Waals surface area contributed by atoms with Crippen molar-refractivity contribution in [1.82, 2.24) is 0 Å². The molecule has 0 radical (unpaired) electrons. The van der Waals surface area contributed by atoms with E-state index in [-0.39, 0.29) is 32.0 Å². The van der Waals surface area contributed by atoms with Gasteiger partial charge in [-0.1, -0.05) is 277 Å². The number of allylic oxidation sites excluding steroid dienone is 20. The molecule has 2 atom stereocenters. The Hall–Kier alpha value is -3.59. The van der Waals surface area contributed by atoms with Crippen LogP contribution in [-0.2, 0) is 32.7 Å². The van der Waals surface area contributed by atoms with Crippen LogP contribution in [0.5, 0.6) is 0 Å². The fourth-order valence-corrected chi connectivity index (χ4v) is 9.68. The minimum absolute atomic E-state index is 0.0358. The number of hydrogen-bond acceptors (Lipinski definition) is 8. The number of nitrogens with zero attached hydrogens (tertiary/aromatic N) is 1. The molecule has 0 rings (SSSR count). The van der Waals surface area contributed by atoms with Gasteiger partial charge in [0.15, 0.2) is 6.10 Å². The maximum atomic E-state index is 12.9. The van der Waals surface area contributed by atoms with E-state index in [2.05, 4.69) is 135 Å². The Morgan fingerprint density at radius 1 is 0.378 bits per heavy atom. The van der Waals surface area contributed by atoms with E-state index in [0.29, 0.717) is 17.4 Å².